The van der Waals surface area contributed by atoms with Gasteiger partial charge in [-0.25, -0.2) is 0 Å². The van der Waals surface area contributed by atoms with E-state index >= 15 is 0 Å². The monoisotopic (exact) mass is 387 g/mol. The van der Waals surface area contributed by atoms with Crippen LogP contribution in [0.2, 0.25) is 0 Å². The number of likely N-dealkylation sites (tertiary alicyclic amines) is 1. The van der Waals surface area contributed by atoms with Crippen LogP contribution >= 0.6 is 11.3 Å². The van der Waals surface area contributed by atoms with E-state index in [1.807, 2.05) is 33.9 Å². The van der Waals surface area contributed by atoms with E-state index in [2.05, 4.69) is 30.4 Å². The summed E-state index contributed by atoms with van der Waals surface area (Å²) in [6, 6.07) is 4.21. The molecule has 2 aliphatic rings. The number of fused-ring (bicyclic) bond motifs is 2. The van der Waals surface area contributed by atoms with Gasteiger partial charge < -0.3 is 9.64 Å². The second-order valence-electron chi connectivity index (χ2n) is 8.08. The number of carbonyl (C=O) groups is 1. The molecule has 0 aliphatic carbocycles. The maximum Gasteiger partial charge on any atom is 0.272 e. The molecule has 4 rings (SSSR count). The molecule has 5 nitrogen and oxygen atoms in total. The number of thiophene rings is 1. The van der Waals surface area contributed by atoms with E-state index in [0.717, 1.165) is 63.3 Å². The van der Waals surface area contributed by atoms with Gasteiger partial charge in [-0.2, -0.15) is 5.10 Å². The van der Waals surface area contributed by atoms with Gasteiger partial charge in [-0.3, -0.25) is 9.48 Å². The standard InChI is InChI=1S/C21H29N3O2S/c1-4-24-18(14-16(22-24)13-15(2)3)20(25)23-9-7-21(8-10-23)17-6-12-27-19(17)5-11-26-21/h6,12,14-15H,4-5,7-11,13H2,1-3H3. The summed E-state index contributed by atoms with van der Waals surface area (Å²) in [6.07, 6.45) is 3.68. The minimum absolute atomic E-state index is 0.107. The van der Waals surface area contributed by atoms with Gasteiger partial charge in [-0.05, 0) is 55.2 Å². The predicted molar refractivity (Wildman–Crippen MR) is 107 cm³/mol. The van der Waals surface area contributed by atoms with Crippen molar-refractivity contribution in [3.63, 3.8) is 0 Å². The first-order valence-electron chi connectivity index (χ1n) is 10.1. The lowest BCUT2D eigenvalue weighted by molar-refractivity contribution is -0.0927. The number of rotatable bonds is 4. The number of hydrogen-bond donors (Lipinski definition) is 0. The highest BCUT2D eigenvalue weighted by Crippen LogP contribution is 2.43. The largest absolute Gasteiger partial charge is 0.370 e. The third-order valence-electron chi connectivity index (χ3n) is 5.77. The van der Waals surface area contributed by atoms with E-state index in [1.165, 1.54) is 10.4 Å². The van der Waals surface area contributed by atoms with E-state index in [9.17, 15) is 4.79 Å². The molecule has 6 heteroatoms. The SMILES string of the molecule is CCn1nc(CC(C)C)cc1C(=O)N1CCC2(CC1)OCCc1sccc12. The molecule has 27 heavy (non-hydrogen) atoms. The number of aromatic nitrogens is 2. The molecule has 0 radical (unpaired) electrons. The normalized spacial score (nSPS) is 18.9. The van der Waals surface area contributed by atoms with Crippen LogP contribution in [-0.2, 0) is 29.7 Å². The summed E-state index contributed by atoms with van der Waals surface area (Å²) in [5.41, 5.74) is 2.92. The molecule has 0 aromatic carbocycles. The van der Waals surface area contributed by atoms with Crippen molar-refractivity contribution in [2.75, 3.05) is 19.7 Å². The van der Waals surface area contributed by atoms with Gasteiger partial charge in [0.25, 0.3) is 5.91 Å². The van der Waals surface area contributed by atoms with Gasteiger partial charge in [0, 0.05) is 30.9 Å². The first-order chi connectivity index (χ1) is 13.0. The molecule has 146 valence electrons. The third kappa shape index (κ3) is 3.45. The summed E-state index contributed by atoms with van der Waals surface area (Å²) in [5, 5.41) is 6.81. The number of hydrogen-bond acceptors (Lipinski definition) is 4. The first kappa shape index (κ1) is 18.7. The molecule has 2 aromatic rings. The number of carbonyl (C=O) groups excluding carboxylic acids is 1. The molecular formula is C21H29N3O2S. The van der Waals surface area contributed by atoms with E-state index in [-0.39, 0.29) is 11.5 Å². The molecule has 2 aromatic heterocycles. The van der Waals surface area contributed by atoms with Crippen LogP contribution in [0.4, 0.5) is 0 Å². The smallest absolute Gasteiger partial charge is 0.272 e. The van der Waals surface area contributed by atoms with Crippen LogP contribution in [0.3, 0.4) is 0 Å². The summed E-state index contributed by atoms with van der Waals surface area (Å²) >= 11 is 1.84. The van der Waals surface area contributed by atoms with Gasteiger partial charge in [-0.1, -0.05) is 13.8 Å². The second-order valence-corrected chi connectivity index (χ2v) is 9.08. The van der Waals surface area contributed by atoms with Crippen LogP contribution in [0.1, 0.15) is 60.2 Å². The number of piperidine rings is 1. The van der Waals surface area contributed by atoms with E-state index in [4.69, 9.17) is 4.74 Å². The molecule has 1 saturated heterocycles. The third-order valence-corrected chi connectivity index (χ3v) is 6.75. The molecule has 0 unspecified atom stereocenters. The van der Waals surface area contributed by atoms with E-state index in [0.29, 0.717) is 5.92 Å². The van der Waals surface area contributed by atoms with Gasteiger partial charge in [0.05, 0.1) is 17.9 Å². The maximum atomic E-state index is 13.2. The minimum atomic E-state index is -0.182. The average molecular weight is 388 g/mol. The Labute approximate surface area is 165 Å². The summed E-state index contributed by atoms with van der Waals surface area (Å²) in [5.74, 6) is 0.641. The quantitative estimate of drug-likeness (QED) is 0.800. The van der Waals surface area contributed by atoms with Crippen LogP contribution in [0.15, 0.2) is 17.5 Å². The topological polar surface area (TPSA) is 47.4 Å². The Morgan fingerprint density at radius 2 is 2.15 bits per heavy atom. The molecule has 1 amide bonds. The summed E-state index contributed by atoms with van der Waals surface area (Å²) < 4.78 is 8.13. The van der Waals surface area contributed by atoms with Gasteiger partial charge in [0.15, 0.2) is 0 Å². The Kier molecular flexibility index (Phi) is 5.12. The van der Waals surface area contributed by atoms with Crippen LogP contribution in [0.25, 0.3) is 0 Å². The number of amides is 1. The molecule has 1 spiro atoms. The first-order valence-corrected chi connectivity index (χ1v) is 11.0. The zero-order valence-electron chi connectivity index (χ0n) is 16.5. The Morgan fingerprint density at radius 3 is 2.85 bits per heavy atom. The molecule has 0 bridgehead atoms. The molecule has 2 aliphatic heterocycles. The predicted octanol–water partition coefficient (Wildman–Crippen LogP) is 3.87. The van der Waals surface area contributed by atoms with E-state index < -0.39 is 0 Å². The van der Waals surface area contributed by atoms with Gasteiger partial charge in [-0.15, -0.1) is 11.3 Å². The van der Waals surface area contributed by atoms with Crippen molar-refractivity contribution in [1.82, 2.24) is 14.7 Å². The highest BCUT2D eigenvalue weighted by atomic mass is 32.1. The van der Waals surface area contributed by atoms with Crippen molar-refractivity contribution >= 4 is 17.2 Å². The Balaban J connectivity index is 1.49. The van der Waals surface area contributed by atoms with E-state index in [1.54, 1.807) is 0 Å². The van der Waals surface area contributed by atoms with Gasteiger partial charge in [0.1, 0.15) is 5.69 Å². The number of nitrogens with zero attached hydrogens (tertiary/aromatic N) is 3. The van der Waals surface area contributed by atoms with Gasteiger partial charge in [0.2, 0.25) is 0 Å². The van der Waals surface area contributed by atoms with Crippen LogP contribution in [-0.4, -0.2) is 40.3 Å². The minimum Gasteiger partial charge on any atom is -0.370 e. The van der Waals surface area contributed by atoms with Gasteiger partial charge >= 0.3 is 0 Å². The number of ether oxygens (including phenoxy) is 1. The van der Waals surface area contributed by atoms with Crippen LogP contribution in [0.5, 0.6) is 0 Å². The zero-order valence-corrected chi connectivity index (χ0v) is 17.3. The molecule has 4 heterocycles. The molecule has 0 N–H and O–H groups in total. The zero-order chi connectivity index (χ0) is 19.0. The molecule has 1 fully saturated rings. The van der Waals surface area contributed by atoms with Crippen LogP contribution in [0, 0.1) is 5.92 Å². The lowest BCUT2D eigenvalue weighted by Gasteiger charge is -2.44. The maximum absolute atomic E-state index is 13.2. The Hall–Kier alpha value is -1.66. The molecular weight excluding hydrogens is 358 g/mol. The lowest BCUT2D eigenvalue weighted by Crippen LogP contribution is -2.48. The lowest BCUT2D eigenvalue weighted by atomic mass is 9.82. The second kappa shape index (κ2) is 7.40. The fourth-order valence-electron chi connectivity index (χ4n) is 4.41. The molecule has 0 saturated carbocycles. The highest BCUT2D eigenvalue weighted by Gasteiger charge is 2.42. The van der Waals surface area contributed by atoms with Crippen molar-refractivity contribution in [3.8, 4) is 0 Å². The fourth-order valence-corrected chi connectivity index (χ4v) is 5.36. The summed E-state index contributed by atoms with van der Waals surface area (Å²) in [7, 11) is 0. The number of aryl methyl sites for hydroxylation is 1. The fraction of sp³-hybridized carbons (Fsp3) is 0.619. The summed E-state index contributed by atoms with van der Waals surface area (Å²) in [4.78, 5) is 16.6. The van der Waals surface area contributed by atoms with Crippen molar-refractivity contribution in [2.24, 2.45) is 5.92 Å². The van der Waals surface area contributed by atoms with Crippen molar-refractivity contribution in [3.05, 3.63) is 39.3 Å². The van der Waals surface area contributed by atoms with Crippen molar-refractivity contribution in [1.29, 1.82) is 0 Å². The highest BCUT2D eigenvalue weighted by molar-refractivity contribution is 7.10. The summed E-state index contributed by atoms with van der Waals surface area (Å²) in [6.45, 7) is 9.40. The molecule has 0 atom stereocenters. The Morgan fingerprint density at radius 1 is 1.37 bits per heavy atom. The van der Waals surface area contributed by atoms with Crippen LogP contribution < -0.4 is 0 Å². The Bertz CT molecular complexity index is 815. The average Bonchev–Trinajstić information content (AvgIpc) is 3.29. The van der Waals surface area contributed by atoms with Crippen molar-refractivity contribution in [2.45, 2.75) is 58.6 Å². The van der Waals surface area contributed by atoms with Crippen molar-refractivity contribution < 1.29 is 9.53 Å².